The van der Waals surface area contributed by atoms with Crippen LogP contribution in [-0.2, 0) is 0 Å². The lowest BCUT2D eigenvalue weighted by molar-refractivity contribution is 0.0663. The molecule has 0 atom stereocenters. The van der Waals surface area contributed by atoms with Crippen LogP contribution in [0.3, 0.4) is 0 Å². The molecule has 0 spiro atoms. The largest absolute Gasteiger partial charge is 0.475 e. The van der Waals surface area contributed by atoms with Crippen molar-refractivity contribution in [2.75, 3.05) is 18.0 Å². The Labute approximate surface area is 88.5 Å². The highest BCUT2D eigenvalue weighted by Gasteiger charge is 2.20. The first kappa shape index (κ1) is 10.1. The van der Waals surface area contributed by atoms with Crippen LogP contribution < -0.4 is 4.90 Å². The van der Waals surface area contributed by atoms with E-state index in [2.05, 4.69) is 4.90 Å². The number of carbonyl (C=O) groups is 1. The highest BCUT2D eigenvalue weighted by molar-refractivity contribution is 5.91. The maximum atomic E-state index is 10.9. The summed E-state index contributed by atoms with van der Waals surface area (Å²) in [5, 5.41) is 8.94. The highest BCUT2D eigenvalue weighted by atomic mass is 16.4. The molecule has 0 aromatic carbocycles. The fraction of sp³-hybridized carbons (Fsp3) is 0.545. The van der Waals surface area contributed by atoms with Gasteiger partial charge in [0, 0.05) is 19.2 Å². The number of carboxylic acids is 1. The van der Waals surface area contributed by atoms with E-state index in [1.165, 1.54) is 19.1 Å². The van der Waals surface area contributed by atoms with Gasteiger partial charge in [-0.3, -0.25) is 0 Å². The summed E-state index contributed by atoms with van der Waals surface area (Å²) in [6.07, 6.45) is 6.17. The van der Waals surface area contributed by atoms with E-state index < -0.39 is 5.97 Å². The molecule has 0 saturated carbocycles. The predicted octanol–water partition coefficient (Wildman–Crippen LogP) is 2.36. The number of anilines is 1. The molecule has 1 saturated heterocycles. The molecule has 1 aromatic heterocycles. The number of rotatable bonds is 2. The van der Waals surface area contributed by atoms with Crippen molar-refractivity contribution in [3.63, 3.8) is 0 Å². The fourth-order valence-electron chi connectivity index (χ4n) is 2.02. The number of hydrogen-bond acceptors (Lipinski definition) is 3. The molecule has 1 aliphatic heterocycles. The zero-order valence-electron chi connectivity index (χ0n) is 8.61. The van der Waals surface area contributed by atoms with Crippen LogP contribution in [0.4, 0.5) is 5.69 Å². The van der Waals surface area contributed by atoms with Gasteiger partial charge >= 0.3 is 5.97 Å². The Hall–Kier alpha value is -1.45. The van der Waals surface area contributed by atoms with Gasteiger partial charge in [0.05, 0.1) is 12.0 Å². The van der Waals surface area contributed by atoms with Gasteiger partial charge < -0.3 is 14.4 Å². The van der Waals surface area contributed by atoms with Gasteiger partial charge in [0.1, 0.15) is 0 Å². The van der Waals surface area contributed by atoms with Crippen LogP contribution in [-0.4, -0.2) is 24.2 Å². The monoisotopic (exact) mass is 209 g/mol. The molecule has 2 heterocycles. The van der Waals surface area contributed by atoms with Gasteiger partial charge in [-0.05, 0) is 12.8 Å². The molecule has 1 N–H and O–H groups in total. The topological polar surface area (TPSA) is 53.7 Å². The van der Waals surface area contributed by atoms with Crippen molar-refractivity contribution in [1.82, 2.24) is 0 Å². The summed E-state index contributed by atoms with van der Waals surface area (Å²) in [7, 11) is 0. The van der Waals surface area contributed by atoms with E-state index in [1.807, 2.05) is 0 Å². The van der Waals surface area contributed by atoms with E-state index in [-0.39, 0.29) is 5.76 Å². The second kappa shape index (κ2) is 4.38. The first-order valence-electron chi connectivity index (χ1n) is 5.35. The quantitative estimate of drug-likeness (QED) is 0.812. The Morgan fingerprint density at radius 3 is 2.53 bits per heavy atom. The molecule has 0 unspecified atom stereocenters. The van der Waals surface area contributed by atoms with Crippen molar-refractivity contribution in [3.8, 4) is 0 Å². The molecule has 0 amide bonds. The minimum Gasteiger partial charge on any atom is -0.475 e. The van der Waals surface area contributed by atoms with E-state index in [0.29, 0.717) is 0 Å². The van der Waals surface area contributed by atoms with Gasteiger partial charge in [0.25, 0.3) is 0 Å². The maximum Gasteiger partial charge on any atom is 0.374 e. The van der Waals surface area contributed by atoms with Crippen molar-refractivity contribution in [2.24, 2.45) is 0 Å². The zero-order valence-corrected chi connectivity index (χ0v) is 8.61. The Morgan fingerprint density at radius 1 is 1.27 bits per heavy atom. The fourth-order valence-corrected chi connectivity index (χ4v) is 2.02. The molecule has 4 heteroatoms. The van der Waals surface area contributed by atoms with Crippen LogP contribution in [0, 0.1) is 0 Å². The van der Waals surface area contributed by atoms with Gasteiger partial charge in [-0.15, -0.1) is 0 Å². The van der Waals surface area contributed by atoms with Crippen LogP contribution in [0.1, 0.15) is 36.2 Å². The second-order valence-corrected chi connectivity index (χ2v) is 3.84. The average molecular weight is 209 g/mol. The number of aromatic carboxylic acids is 1. The van der Waals surface area contributed by atoms with Crippen molar-refractivity contribution < 1.29 is 14.3 Å². The summed E-state index contributed by atoms with van der Waals surface area (Å²) in [4.78, 5) is 13.0. The van der Waals surface area contributed by atoms with Crippen LogP contribution >= 0.6 is 0 Å². The third kappa shape index (κ3) is 2.14. The van der Waals surface area contributed by atoms with Crippen molar-refractivity contribution in [1.29, 1.82) is 0 Å². The lowest BCUT2D eigenvalue weighted by Crippen LogP contribution is -2.25. The molecule has 0 aliphatic carbocycles. The molecular formula is C11H15NO3. The number of hydrogen-bond donors (Lipinski definition) is 1. The third-order valence-corrected chi connectivity index (χ3v) is 2.79. The predicted molar refractivity (Wildman–Crippen MR) is 56.3 cm³/mol. The van der Waals surface area contributed by atoms with E-state index in [0.717, 1.165) is 31.6 Å². The highest BCUT2D eigenvalue weighted by Crippen LogP contribution is 2.24. The Morgan fingerprint density at radius 2 is 1.93 bits per heavy atom. The molecule has 1 aliphatic rings. The van der Waals surface area contributed by atoms with Gasteiger partial charge in [-0.25, -0.2) is 4.79 Å². The number of nitrogens with zero attached hydrogens (tertiary/aromatic N) is 1. The summed E-state index contributed by atoms with van der Waals surface area (Å²) in [6.45, 7) is 1.86. The number of furan rings is 1. The third-order valence-electron chi connectivity index (χ3n) is 2.79. The SMILES string of the molecule is O=C(O)c1occc1N1CCCCCC1. The van der Waals surface area contributed by atoms with Crippen molar-refractivity contribution >= 4 is 11.7 Å². The van der Waals surface area contributed by atoms with Gasteiger partial charge in [0.15, 0.2) is 0 Å². The minimum atomic E-state index is -0.987. The van der Waals surface area contributed by atoms with Crippen LogP contribution in [0.5, 0.6) is 0 Å². The summed E-state index contributed by atoms with van der Waals surface area (Å²) in [5.74, 6) is -0.920. The first-order chi connectivity index (χ1) is 7.29. The Kier molecular flexibility index (Phi) is 2.94. The average Bonchev–Trinajstić information content (AvgIpc) is 2.55. The lowest BCUT2D eigenvalue weighted by Gasteiger charge is -2.20. The molecule has 82 valence electrons. The van der Waals surface area contributed by atoms with Gasteiger partial charge in [-0.2, -0.15) is 0 Å². The second-order valence-electron chi connectivity index (χ2n) is 3.84. The number of carboxylic acid groups (broad SMARTS) is 1. The molecule has 1 fully saturated rings. The standard InChI is InChI=1S/C11H15NO3/c13-11(14)10-9(5-8-15-10)12-6-3-1-2-4-7-12/h5,8H,1-4,6-7H2,(H,13,14). The van der Waals surface area contributed by atoms with Crippen molar-refractivity contribution in [3.05, 3.63) is 18.1 Å². The van der Waals surface area contributed by atoms with Crippen LogP contribution in [0.2, 0.25) is 0 Å². The summed E-state index contributed by atoms with van der Waals surface area (Å²) in [6, 6.07) is 1.74. The molecule has 0 bridgehead atoms. The molecule has 2 rings (SSSR count). The summed E-state index contributed by atoms with van der Waals surface area (Å²) < 4.78 is 4.98. The maximum absolute atomic E-state index is 10.9. The molecule has 4 nitrogen and oxygen atoms in total. The molecular weight excluding hydrogens is 194 g/mol. The zero-order chi connectivity index (χ0) is 10.7. The van der Waals surface area contributed by atoms with Crippen LogP contribution in [0.25, 0.3) is 0 Å². The van der Waals surface area contributed by atoms with E-state index in [1.54, 1.807) is 6.07 Å². The lowest BCUT2D eigenvalue weighted by atomic mass is 10.2. The normalized spacial score (nSPS) is 17.5. The minimum absolute atomic E-state index is 0.0666. The summed E-state index contributed by atoms with van der Waals surface area (Å²) >= 11 is 0. The Balaban J connectivity index is 2.19. The summed E-state index contributed by atoms with van der Waals surface area (Å²) in [5.41, 5.74) is 0.726. The van der Waals surface area contributed by atoms with Gasteiger partial charge in [-0.1, -0.05) is 12.8 Å². The molecule has 15 heavy (non-hydrogen) atoms. The van der Waals surface area contributed by atoms with E-state index in [9.17, 15) is 4.79 Å². The van der Waals surface area contributed by atoms with Crippen LogP contribution in [0.15, 0.2) is 16.7 Å². The molecule has 0 radical (unpaired) electrons. The molecule has 1 aromatic rings. The van der Waals surface area contributed by atoms with E-state index >= 15 is 0 Å². The first-order valence-corrected chi connectivity index (χ1v) is 5.35. The van der Waals surface area contributed by atoms with Crippen molar-refractivity contribution in [2.45, 2.75) is 25.7 Å². The Bertz CT molecular complexity index is 337. The smallest absolute Gasteiger partial charge is 0.374 e. The van der Waals surface area contributed by atoms with Gasteiger partial charge in [0.2, 0.25) is 5.76 Å². The van der Waals surface area contributed by atoms with E-state index in [4.69, 9.17) is 9.52 Å².